The lowest BCUT2D eigenvalue weighted by Gasteiger charge is -2.02. The third-order valence-corrected chi connectivity index (χ3v) is 4.45. The molecular formula is C19H17FN2O. The molecule has 0 spiro atoms. The number of rotatable bonds is 3. The van der Waals surface area contributed by atoms with Gasteiger partial charge in [-0.3, -0.25) is 0 Å². The molecule has 3 nitrogen and oxygen atoms in total. The van der Waals surface area contributed by atoms with Crippen LogP contribution in [0, 0.1) is 5.82 Å². The van der Waals surface area contributed by atoms with Crippen LogP contribution in [0.5, 0.6) is 0 Å². The molecule has 0 amide bonds. The van der Waals surface area contributed by atoms with E-state index in [0.717, 1.165) is 35.4 Å². The van der Waals surface area contributed by atoms with Gasteiger partial charge in [-0.1, -0.05) is 42.3 Å². The van der Waals surface area contributed by atoms with Gasteiger partial charge in [0.15, 0.2) is 5.82 Å². The number of aromatic nitrogens is 2. The van der Waals surface area contributed by atoms with E-state index < -0.39 is 0 Å². The van der Waals surface area contributed by atoms with Crippen molar-refractivity contribution in [3.05, 3.63) is 60.2 Å². The first-order valence-electron chi connectivity index (χ1n) is 7.99. The van der Waals surface area contributed by atoms with Crippen molar-refractivity contribution in [3.8, 4) is 22.6 Å². The molecule has 4 rings (SSSR count). The van der Waals surface area contributed by atoms with Gasteiger partial charge in [-0.15, -0.1) is 0 Å². The van der Waals surface area contributed by atoms with E-state index in [0.29, 0.717) is 11.8 Å². The summed E-state index contributed by atoms with van der Waals surface area (Å²) in [6, 6.07) is 14.3. The van der Waals surface area contributed by atoms with Crippen LogP contribution in [0.3, 0.4) is 0 Å². The Morgan fingerprint density at radius 1 is 0.913 bits per heavy atom. The van der Waals surface area contributed by atoms with Crippen LogP contribution in [-0.2, 0) is 0 Å². The summed E-state index contributed by atoms with van der Waals surface area (Å²) in [6.07, 6.45) is 4.79. The van der Waals surface area contributed by atoms with Gasteiger partial charge in [-0.25, -0.2) is 4.39 Å². The molecule has 1 fully saturated rings. The number of hydrogen-bond donors (Lipinski definition) is 0. The van der Waals surface area contributed by atoms with E-state index in [1.165, 1.54) is 25.0 Å². The standard InChI is InChI=1S/C19H17FN2O/c20-17-7-3-6-16(12-17)13-8-10-15(11-9-13)19-21-18(22-23-19)14-4-1-2-5-14/h3,6-12,14H,1-2,4-5H2. The van der Waals surface area contributed by atoms with Crippen molar-refractivity contribution in [3.63, 3.8) is 0 Å². The highest BCUT2D eigenvalue weighted by atomic mass is 19.1. The minimum absolute atomic E-state index is 0.232. The number of nitrogens with zero attached hydrogens (tertiary/aromatic N) is 2. The van der Waals surface area contributed by atoms with Gasteiger partial charge >= 0.3 is 0 Å². The van der Waals surface area contributed by atoms with Crippen LogP contribution in [0.25, 0.3) is 22.6 Å². The van der Waals surface area contributed by atoms with Crippen molar-refractivity contribution < 1.29 is 8.91 Å². The Kier molecular flexibility index (Phi) is 3.66. The highest BCUT2D eigenvalue weighted by Gasteiger charge is 2.22. The summed E-state index contributed by atoms with van der Waals surface area (Å²) in [6.45, 7) is 0. The fourth-order valence-electron chi connectivity index (χ4n) is 3.18. The molecule has 2 aromatic carbocycles. The summed E-state index contributed by atoms with van der Waals surface area (Å²) < 4.78 is 18.7. The second kappa shape index (κ2) is 5.95. The zero-order valence-corrected chi connectivity index (χ0v) is 12.7. The van der Waals surface area contributed by atoms with Gasteiger partial charge in [-0.05, 0) is 48.2 Å². The molecule has 3 aromatic rings. The van der Waals surface area contributed by atoms with Crippen LogP contribution in [0.1, 0.15) is 37.4 Å². The van der Waals surface area contributed by atoms with Crippen molar-refractivity contribution >= 4 is 0 Å². The summed E-state index contributed by atoms with van der Waals surface area (Å²) in [4.78, 5) is 4.54. The molecule has 0 bridgehead atoms. The van der Waals surface area contributed by atoms with Crippen molar-refractivity contribution in [1.82, 2.24) is 10.1 Å². The molecule has 1 aliphatic rings. The summed E-state index contributed by atoms with van der Waals surface area (Å²) in [5.74, 6) is 1.59. The molecule has 0 aliphatic heterocycles. The predicted molar refractivity (Wildman–Crippen MR) is 86.3 cm³/mol. The zero-order chi connectivity index (χ0) is 15.6. The molecule has 1 aromatic heterocycles. The first-order valence-corrected chi connectivity index (χ1v) is 7.99. The molecule has 116 valence electrons. The lowest BCUT2D eigenvalue weighted by molar-refractivity contribution is 0.416. The van der Waals surface area contributed by atoms with Crippen LogP contribution in [0.2, 0.25) is 0 Å². The van der Waals surface area contributed by atoms with Crippen molar-refractivity contribution in [2.75, 3.05) is 0 Å². The van der Waals surface area contributed by atoms with Gasteiger partial charge < -0.3 is 4.52 Å². The molecule has 1 heterocycles. The summed E-state index contributed by atoms with van der Waals surface area (Å²) in [7, 11) is 0. The van der Waals surface area contributed by atoms with Crippen LogP contribution in [0.4, 0.5) is 4.39 Å². The Bertz CT molecular complexity index is 804. The Morgan fingerprint density at radius 2 is 1.65 bits per heavy atom. The smallest absolute Gasteiger partial charge is 0.257 e. The van der Waals surface area contributed by atoms with Crippen molar-refractivity contribution in [2.45, 2.75) is 31.6 Å². The predicted octanol–water partition coefficient (Wildman–Crippen LogP) is 5.20. The highest BCUT2D eigenvalue weighted by Crippen LogP contribution is 2.33. The number of benzene rings is 2. The Morgan fingerprint density at radius 3 is 2.39 bits per heavy atom. The zero-order valence-electron chi connectivity index (χ0n) is 12.7. The topological polar surface area (TPSA) is 38.9 Å². The van der Waals surface area contributed by atoms with Crippen molar-refractivity contribution in [1.29, 1.82) is 0 Å². The molecule has 0 atom stereocenters. The largest absolute Gasteiger partial charge is 0.334 e. The quantitative estimate of drug-likeness (QED) is 0.667. The average molecular weight is 308 g/mol. The fourth-order valence-corrected chi connectivity index (χ4v) is 3.18. The molecule has 23 heavy (non-hydrogen) atoms. The van der Waals surface area contributed by atoms with E-state index in [4.69, 9.17) is 4.52 Å². The van der Waals surface area contributed by atoms with E-state index in [1.807, 2.05) is 30.3 Å². The van der Waals surface area contributed by atoms with Crippen LogP contribution in [-0.4, -0.2) is 10.1 Å². The molecule has 0 radical (unpaired) electrons. The Balaban J connectivity index is 1.58. The van der Waals surface area contributed by atoms with Crippen LogP contribution in [0.15, 0.2) is 53.1 Å². The van der Waals surface area contributed by atoms with Gasteiger partial charge in [0.25, 0.3) is 5.89 Å². The summed E-state index contributed by atoms with van der Waals surface area (Å²) in [5.41, 5.74) is 2.71. The van der Waals surface area contributed by atoms with E-state index in [2.05, 4.69) is 10.1 Å². The van der Waals surface area contributed by atoms with Gasteiger partial charge in [0, 0.05) is 11.5 Å². The van der Waals surface area contributed by atoms with Crippen molar-refractivity contribution in [2.24, 2.45) is 0 Å². The lowest BCUT2D eigenvalue weighted by atomic mass is 10.0. The maximum Gasteiger partial charge on any atom is 0.257 e. The van der Waals surface area contributed by atoms with E-state index in [-0.39, 0.29) is 5.82 Å². The third kappa shape index (κ3) is 2.89. The SMILES string of the molecule is Fc1cccc(-c2ccc(-c3nc(C4CCCC4)no3)cc2)c1. The second-order valence-electron chi connectivity index (χ2n) is 6.03. The molecular weight excluding hydrogens is 291 g/mol. The van der Waals surface area contributed by atoms with Gasteiger partial charge in [0.05, 0.1) is 0 Å². The molecule has 1 aliphatic carbocycles. The molecule has 0 saturated heterocycles. The minimum atomic E-state index is -0.232. The minimum Gasteiger partial charge on any atom is -0.334 e. The van der Waals surface area contributed by atoms with Crippen LogP contribution >= 0.6 is 0 Å². The Hall–Kier alpha value is -2.49. The lowest BCUT2D eigenvalue weighted by Crippen LogP contribution is -1.94. The molecule has 0 unspecified atom stereocenters. The summed E-state index contributed by atoms with van der Waals surface area (Å²) >= 11 is 0. The number of halogens is 1. The third-order valence-electron chi connectivity index (χ3n) is 4.45. The van der Waals surface area contributed by atoms with E-state index in [1.54, 1.807) is 6.07 Å². The molecule has 1 saturated carbocycles. The van der Waals surface area contributed by atoms with Crippen LogP contribution < -0.4 is 0 Å². The summed E-state index contributed by atoms with van der Waals surface area (Å²) in [5, 5.41) is 4.13. The second-order valence-corrected chi connectivity index (χ2v) is 6.03. The van der Waals surface area contributed by atoms with Gasteiger partial charge in [0.2, 0.25) is 0 Å². The first kappa shape index (κ1) is 14.1. The molecule has 0 N–H and O–H groups in total. The Labute approximate surface area is 134 Å². The monoisotopic (exact) mass is 308 g/mol. The highest BCUT2D eigenvalue weighted by molar-refractivity contribution is 5.67. The number of hydrogen-bond acceptors (Lipinski definition) is 3. The van der Waals surface area contributed by atoms with Gasteiger partial charge in [-0.2, -0.15) is 4.98 Å². The first-order chi connectivity index (χ1) is 11.3. The van der Waals surface area contributed by atoms with Gasteiger partial charge in [0.1, 0.15) is 5.82 Å². The normalized spacial score (nSPS) is 15.2. The maximum absolute atomic E-state index is 13.3. The average Bonchev–Trinajstić information content (AvgIpc) is 3.26. The van der Waals surface area contributed by atoms with E-state index >= 15 is 0 Å². The fraction of sp³-hybridized carbons (Fsp3) is 0.263. The maximum atomic E-state index is 13.3. The molecule has 4 heteroatoms. The van der Waals surface area contributed by atoms with E-state index in [9.17, 15) is 4.39 Å².